The van der Waals surface area contributed by atoms with E-state index in [1.807, 2.05) is 0 Å². The van der Waals surface area contributed by atoms with E-state index in [1.165, 1.54) is 11.3 Å². The third-order valence-corrected chi connectivity index (χ3v) is 4.16. The summed E-state index contributed by atoms with van der Waals surface area (Å²) < 4.78 is 5.58. The Morgan fingerprint density at radius 3 is 2.62 bits per heavy atom. The Hall–Kier alpha value is -1.76. The van der Waals surface area contributed by atoms with Crippen LogP contribution in [0, 0.1) is 0 Å². The summed E-state index contributed by atoms with van der Waals surface area (Å²) in [5.74, 6) is 0. The average Bonchev–Trinajstić information content (AvgIpc) is 2.97. The molecule has 0 saturated heterocycles. The summed E-state index contributed by atoms with van der Waals surface area (Å²) in [5, 5.41) is 10.2. The Morgan fingerprint density at radius 2 is 1.90 bits per heavy atom. The maximum Gasteiger partial charge on any atom is 0.294 e. The van der Waals surface area contributed by atoms with Gasteiger partial charge in [0.1, 0.15) is 12.3 Å². The number of nitrogens with zero attached hydrogens (tertiary/aromatic N) is 4. The molecule has 0 saturated carbocycles. The third-order valence-electron chi connectivity index (χ3n) is 2.59. The Balaban J connectivity index is 1.74. The molecule has 0 N–H and O–H groups in total. The number of aromatic nitrogens is 4. The standard InChI is InChI=1S/C13H8Cl2N4OS/c14-9-2-1-3-10(15)8(9)7-20-13-19-18-12(21-13)11-6-16-4-5-17-11/h1-6H,7H2. The van der Waals surface area contributed by atoms with Gasteiger partial charge in [-0.2, -0.15) is 0 Å². The maximum atomic E-state index is 6.08. The fourth-order valence-corrected chi connectivity index (χ4v) is 2.75. The number of halogens is 2. The minimum atomic E-state index is 0.230. The lowest BCUT2D eigenvalue weighted by molar-refractivity contribution is 0.302. The first kappa shape index (κ1) is 14.2. The molecule has 0 amide bonds. The van der Waals surface area contributed by atoms with Crippen molar-refractivity contribution >= 4 is 34.5 Å². The number of hydrogen-bond acceptors (Lipinski definition) is 6. The summed E-state index contributed by atoms with van der Waals surface area (Å²) in [6, 6.07) is 5.31. The van der Waals surface area contributed by atoms with Gasteiger partial charge >= 0.3 is 0 Å². The van der Waals surface area contributed by atoms with Crippen molar-refractivity contribution in [2.45, 2.75) is 6.61 Å². The lowest BCUT2D eigenvalue weighted by atomic mass is 10.2. The van der Waals surface area contributed by atoms with E-state index in [1.54, 1.807) is 36.8 Å². The number of benzene rings is 1. The molecule has 106 valence electrons. The Kier molecular flexibility index (Phi) is 4.28. The second-order valence-corrected chi connectivity index (χ2v) is 5.71. The van der Waals surface area contributed by atoms with Crippen molar-refractivity contribution in [2.24, 2.45) is 0 Å². The summed E-state index contributed by atoms with van der Waals surface area (Å²) in [7, 11) is 0. The largest absolute Gasteiger partial charge is 0.464 e. The van der Waals surface area contributed by atoms with Gasteiger partial charge in [-0.3, -0.25) is 9.97 Å². The van der Waals surface area contributed by atoms with Crippen molar-refractivity contribution in [1.82, 2.24) is 20.2 Å². The molecule has 0 unspecified atom stereocenters. The molecule has 3 aromatic rings. The molecule has 0 aliphatic heterocycles. The van der Waals surface area contributed by atoms with Crippen LogP contribution in [0.3, 0.4) is 0 Å². The van der Waals surface area contributed by atoms with E-state index < -0.39 is 0 Å². The van der Waals surface area contributed by atoms with E-state index in [9.17, 15) is 0 Å². The van der Waals surface area contributed by atoms with Crippen molar-refractivity contribution < 1.29 is 4.74 Å². The first-order chi connectivity index (χ1) is 10.2. The minimum absolute atomic E-state index is 0.230. The van der Waals surface area contributed by atoms with Crippen molar-refractivity contribution in [3.63, 3.8) is 0 Å². The van der Waals surface area contributed by atoms with Crippen LogP contribution in [0.25, 0.3) is 10.7 Å². The molecular formula is C13H8Cl2N4OS. The van der Waals surface area contributed by atoms with E-state index >= 15 is 0 Å². The lowest BCUT2D eigenvalue weighted by Gasteiger charge is -2.06. The van der Waals surface area contributed by atoms with Gasteiger partial charge < -0.3 is 4.74 Å². The molecule has 2 heterocycles. The summed E-state index contributed by atoms with van der Waals surface area (Å²) in [4.78, 5) is 8.14. The zero-order valence-corrected chi connectivity index (χ0v) is 12.9. The number of ether oxygens (including phenoxy) is 1. The van der Waals surface area contributed by atoms with Crippen molar-refractivity contribution in [2.75, 3.05) is 0 Å². The van der Waals surface area contributed by atoms with Crippen molar-refractivity contribution in [1.29, 1.82) is 0 Å². The Labute approximate surface area is 134 Å². The molecule has 0 fully saturated rings. The third kappa shape index (κ3) is 3.29. The molecule has 0 aliphatic rings. The lowest BCUT2D eigenvalue weighted by Crippen LogP contribution is -1.96. The molecule has 5 nitrogen and oxygen atoms in total. The van der Waals surface area contributed by atoms with Crippen LogP contribution in [-0.4, -0.2) is 20.2 Å². The molecule has 8 heteroatoms. The van der Waals surface area contributed by atoms with Gasteiger partial charge in [-0.1, -0.05) is 45.7 Å². The van der Waals surface area contributed by atoms with Crippen molar-refractivity contribution in [3.05, 3.63) is 52.4 Å². The van der Waals surface area contributed by atoms with Gasteiger partial charge in [0.05, 0.1) is 6.20 Å². The number of hydrogen-bond donors (Lipinski definition) is 0. The summed E-state index contributed by atoms with van der Waals surface area (Å²) >= 11 is 13.4. The SMILES string of the molecule is Clc1cccc(Cl)c1COc1nnc(-c2cnccn2)s1. The summed E-state index contributed by atoms with van der Waals surface area (Å²) in [6.07, 6.45) is 4.82. The van der Waals surface area contributed by atoms with Gasteiger partial charge in [-0.25, -0.2) is 0 Å². The second kappa shape index (κ2) is 6.34. The minimum Gasteiger partial charge on any atom is -0.464 e. The Bertz CT molecular complexity index is 731. The van der Waals surface area contributed by atoms with Crippen LogP contribution in [-0.2, 0) is 6.61 Å². The van der Waals surface area contributed by atoms with Gasteiger partial charge in [-0.05, 0) is 12.1 Å². The summed E-state index contributed by atoms with van der Waals surface area (Å²) in [5.41, 5.74) is 1.37. The molecule has 0 radical (unpaired) electrons. The van der Waals surface area contributed by atoms with Crippen LogP contribution in [0.1, 0.15) is 5.56 Å². The van der Waals surface area contributed by atoms with Crippen molar-refractivity contribution in [3.8, 4) is 15.9 Å². The first-order valence-corrected chi connectivity index (χ1v) is 7.47. The highest BCUT2D eigenvalue weighted by Crippen LogP contribution is 2.29. The maximum absolute atomic E-state index is 6.08. The highest BCUT2D eigenvalue weighted by atomic mass is 35.5. The van der Waals surface area contributed by atoms with E-state index in [0.29, 0.717) is 25.9 Å². The highest BCUT2D eigenvalue weighted by Gasteiger charge is 2.11. The Morgan fingerprint density at radius 1 is 1.10 bits per heavy atom. The van der Waals surface area contributed by atoms with Crippen LogP contribution in [0.4, 0.5) is 0 Å². The fourth-order valence-electron chi connectivity index (χ4n) is 1.59. The smallest absolute Gasteiger partial charge is 0.294 e. The van der Waals surface area contributed by atoms with E-state index in [-0.39, 0.29) is 6.61 Å². The average molecular weight is 339 g/mol. The van der Waals surface area contributed by atoms with Gasteiger partial charge in [0, 0.05) is 28.0 Å². The molecule has 0 spiro atoms. The monoisotopic (exact) mass is 338 g/mol. The second-order valence-electron chi connectivity index (χ2n) is 3.95. The highest BCUT2D eigenvalue weighted by molar-refractivity contribution is 7.16. The molecule has 21 heavy (non-hydrogen) atoms. The molecule has 3 rings (SSSR count). The predicted molar refractivity (Wildman–Crippen MR) is 81.7 cm³/mol. The molecule has 0 atom stereocenters. The van der Waals surface area contributed by atoms with E-state index in [4.69, 9.17) is 27.9 Å². The molecule has 0 bridgehead atoms. The van der Waals surface area contributed by atoms with Crippen LogP contribution in [0.15, 0.2) is 36.8 Å². The van der Waals surface area contributed by atoms with Crippen LogP contribution in [0.2, 0.25) is 10.0 Å². The van der Waals surface area contributed by atoms with Gasteiger partial charge in [0.15, 0.2) is 5.01 Å². The first-order valence-electron chi connectivity index (χ1n) is 5.89. The quantitative estimate of drug-likeness (QED) is 0.722. The predicted octanol–water partition coefficient (Wildman–Crippen LogP) is 3.88. The zero-order valence-electron chi connectivity index (χ0n) is 10.5. The van der Waals surface area contributed by atoms with E-state index in [2.05, 4.69) is 20.2 Å². The van der Waals surface area contributed by atoms with Gasteiger partial charge in [0.2, 0.25) is 0 Å². The molecule has 1 aromatic carbocycles. The fraction of sp³-hybridized carbons (Fsp3) is 0.0769. The van der Waals surface area contributed by atoms with Crippen LogP contribution >= 0.6 is 34.5 Å². The molecular weight excluding hydrogens is 331 g/mol. The topological polar surface area (TPSA) is 60.8 Å². The number of rotatable bonds is 4. The van der Waals surface area contributed by atoms with Gasteiger partial charge in [0.25, 0.3) is 5.19 Å². The molecule has 0 aliphatic carbocycles. The molecule has 2 aromatic heterocycles. The summed E-state index contributed by atoms with van der Waals surface area (Å²) in [6.45, 7) is 0.230. The van der Waals surface area contributed by atoms with Crippen LogP contribution < -0.4 is 4.74 Å². The van der Waals surface area contributed by atoms with E-state index in [0.717, 1.165) is 5.56 Å². The normalized spacial score (nSPS) is 10.6. The zero-order chi connectivity index (χ0) is 14.7. The van der Waals surface area contributed by atoms with Crippen LogP contribution in [0.5, 0.6) is 5.19 Å². The van der Waals surface area contributed by atoms with Gasteiger partial charge in [-0.15, -0.1) is 5.10 Å².